The van der Waals surface area contributed by atoms with Crippen molar-refractivity contribution in [3.63, 3.8) is 0 Å². The van der Waals surface area contributed by atoms with Gasteiger partial charge >= 0.3 is 17.9 Å². The van der Waals surface area contributed by atoms with Gasteiger partial charge in [-0.1, -0.05) is 47.0 Å². The third-order valence-corrected chi connectivity index (χ3v) is 6.81. The minimum absolute atomic E-state index is 0.00141. The van der Waals surface area contributed by atoms with Gasteiger partial charge in [0, 0.05) is 21.8 Å². The molecule has 0 radical (unpaired) electrons. The molecule has 0 aliphatic rings. The van der Waals surface area contributed by atoms with Crippen molar-refractivity contribution in [3.05, 3.63) is 135 Å². The van der Waals surface area contributed by atoms with Crippen molar-refractivity contribution >= 4 is 52.9 Å². The van der Waals surface area contributed by atoms with E-state index in [1.165, 1.54) is 48.5 Å². The molecule has 4 aromatic carbocycles. The van der Waals surface area contributed by atoms with Crippen LogP contribution in [0.4, 0.5) is 5.69 Å². The lowest BCUT2D eigenvalue weighted by molar-refractivity contribution is -0.159. The predicted molar refractivity (Wildman–Crippen MR) is 170 cm³/mol. The molecule has 0 heterocycles. The number of hydrogen-bond acceptors (Lipinski definition) is 8. The van der Waals surface area contributed by atoms with Crippen LogP contribution < -0.4 is 16.2 Å². The van der Waals surface area contributed by atoms with Gasteiger partial charge in [0.15, 0.2) is 0 Å². The number of hydrazine groups is 1. The Labute approximate surface area is 273 Å². The molecule has 4 rings (SSSR count). The van der Waals surface area contributed by atoms with Crippen LogP contribution in [0.5, 0.6) is 0 Å². The number of aliphatic carboxylic acids is 1. The van der Waals surface area contributed by atoms with Gasteiger partial charge in [-0.15, -0.1) is 0 Å². The highest BCUT2D eigenvalue weighted by Gasteiger charge is 2.41. The zero-order valence-electron chi connectivity index (χ0n) is 25.0. The molecule has 0 unspecified atom stereocenters. The molecule has 13 heteroatoms. The zero-order chi connectivity index (χ0) is 34.1. The number of aryl methyl sites for hydroxylation is 2. The first-order valence-electron chi connectivity index (χ1n) is 14.0. The fraction of sp³-hybridized carbons (Fsp3) is 0.118. The molecular weight excluding hydrogens is 630 g/mol. The number of hydrogen-bond donors (Lipinski definition) is 4. The molecule has 0 aromatic heterocycles. The summed E-state index contributed by atoms with van der Waals surface area (Å²) in [6, 6.07) is 24.1. The number of esters is 2. The Morgan fingerprint density at radius 2 is 1.11 bits per heavy atom. The molecule has 0 saturated heterocycles. The van der Waals surface area contributed by atoms with E-state index >= 15 is 0 Å². The number of carboxylic acid groups (broad SMARTS) is 1. The molecule has 47 heavy (non-hydrogen) atoms. The second-order valence-electron chi connectivity index (χ2n) is 10.2. The molecule has 12 nitrogen and oxygen atoms in total. The minimum atomic E-state index is -2.29. The third-order valence-electron chi connectivity index (χ3n) is 6.56. The molecule has 0 bridgehead atoms. The van der Waals surface area contributed by atoms with Gasteiger partial charge in [0.05, 0.1) is 11.1 Å². The van der Waals surface area contributed by atoms with E-state index < -0.39 is 47.8 Å². The smallest absolute Gasteiger partial charge is 0.349 e. The van der Waals surface area contributed by atoms with E-state index in [1.807, 2.05) is 5.43 Å². The highest BCUT2D eigenvalue weighted by Crippen LogP contribution is 2.16. The van der Waals surface area contributed by atoms with E-state index in [0.29, 0.717) is 27.4 Å². The Morgan fingerprint density at radius 3 is 1.62 bits per heavy atom. The van der Waals surface area contributed by atoms with Crippen LogP contribution in [0.2, 0.25) is 5.02 Å². The number of carbonyl (C=O) groups excluding carboxylic acids is 5. The molecule has 4 N–H and O–H groups in total. The van der Waals surface area contributed by atoms with Gasteiger partial charge < -0.3 is 19.9 Å². The van der Waals surface area contributed by atoms with Crippen molar-refractivity contribution in [2.45, 2.75) is 26.1 Å². The molecular formula is C34H28ClN3O9. The van der Waals surface area contributed by atoms with Gasteiger partial charge in [0.1, 0.15) is 0 Å². The molecule has 0 saturated carbocycles. The van der Waals surface area contributed by atoms with Gasteiger partial charge in [-0.3, -0.25) is 25.2 Å². The summed E-state index contributed by atoms with van der Waals surface area (Å²) >= 11 is 5.85. The second kappa shape index (κ2) is 15.3. The van der Waals surface area contributed by atoms with Crippen molar-refractivity contribution in [1.82, 2.24) is 10.9 Å². The van der Waals surface area contributed by atoms with Crippen LogP contribution in [-0.2, 0) is 19.1 Å². The standard InChI is InChI=1S/C34H28ClN3O9/c1-19-5-3-7-23(17-19)33(44)46-27(28(32(42)43)47-34(45)24-8-4-6-20(2)18-24)31(41)38-37-30(40)22-11-15-26(16-12-22)36-29(39)21-9-13-25(35)14-10-21/h3-18,27-28H,1-2H3,(H,36,39)(H,37,40)(H,38,41)(H,42,43)/t27-,28+/m0/s1. The summed E-state index contributed by atoms with van der Waals surface area (Å²) in [7, 11) is 0. The topological polar surface area (TPSA) is 177 Å². The lowest BCUT2D eigenvalue weighted by Gasteiger charge is -2.23. The summed E-state index contributed by atoms with van der Waals surface area (Å²) in [6.07, 6.45) is -4.52. The van der Waals surface area contributed by atoms with Crippen LogP contribution >= 0.6 is 11.6 Å². The number of ether oxygens (including phenoxy) is 2. The predicted octanol–water partition coefficient (Wildman–Crippen LogP) is 4.51. The number of carbonyl (C=O) groups is 6. The van der Waals surface area contributed by atoms with Crippen LogP contribution in [0.1, 0.15) is 52.6 Å². The van der Waals surface area contributed by atoms with E-state index in [4.69, 9.17) is 21.1 Å². The van der Waals surface area contributed by atoms with E-state index in [-0.39, 0.29) is 16.7 Å². The Morgan fingerprint density at radius 1 is 0.617 bits per heavy atom. The summed E-state index contributed by atoms with van der Waals surface area (Å²) in [5, 5.41) is 13.1. The molecule has 2 atom stereocenters. The fourth-order valence-corrected chi connectivity index (χ4v) is 4.30. The summed E-state index contributed by atoms with van der Waals surface area (Å²) in [6.45, 7) is 3.42. The third kappa shape index (κ3) is 9.25. The van der Waals surface area contributed by atoms with Crippen molar-refractivity contribution in [3.8, 4) is 0 Å². The van der Waals surface area contributed by atoms with Crippen LogP contribution in [0, 0.1) is 13.8 Å². The molecule has 0 aliphatic heterocycles. The number of amides is 3. The van der Waals surface area contributed by atoms with Crippen LogP contribution in [0.25, 0.3) is 0 Å². The van der Waals surface area contributed by atoms with Gasteiger partial charge in [-0.2, -0.15) is 0 Å². The molecule has 0 spiro atoms. The minimum Gasteiger partial charge on any atom is -0.478 e. The zero-order valence-corrected chi connectivity index (χ0v) is 25.7. The van der Waals surface area contributed by atoms with Crippen molar-refractivity contribution in [2.75, 3.05) is 5.32 Å². The summed E-state index contributed by atoms with van der Waals surface area (Å²) in [5.41, 5.74) is 6.30. The molecule has 4 aromatic rings. The maximum atomic E-state index is 13.2. The number of benzene rings is 4. The highest BCUT2D eigenvalue weighted by molar-refractivity contribution is 6.30. The maximum Gasteiger partial charge on any atom is 0.349 e. The number of carboxylic acids is 1. The van der Waals surface area contributed by atoms with Gasteiger partial charge in [0.2, 0.25) is 12.2 Å². The van der Waals surface area contributed by atoms with Crippen LogP contribution in [0.3, 0.4) is 0 Å². The molecule has 3 amide bonds. The Bertz CT molecular complexity index is 1830. The summed E-state index contributed by atoms with van der Waals surface area (Å²) < 4.78 is 10.4. The average molecular weight is 658 g/mol. The highest BCUT2D eigenvalue weighted by atomic mass is 35.5. The van der Waals surface area contributed by atoms with Gasteiger partial charge in [-0.25, -0.2) is 14.4 Å². The van der Waals surface area contributed by atoms with Gasteiger partial charge in [0.25, 0.3) is 17.7 Å². The lowest BCUT2D eigenvalue weighted by atomic mass is 10.1. The number of nitrogens with one attached hydrogen (secondary N) is 3. The molecule has 0 fully saturated rings. The first-order chi connectivity index (χ1) is 22.4. The van der Waals surface area contributed by atoms with Crippen molar-refractivity contribution in [1.29, 1.82) is 0 Å². The first-order valence-corrected chi connectivity index (χ1v) is 14.3. The van der Waals surface area contributed by atoms with E-state index in [9.17, 15) is 33.9 Å². The number of halogens is 1. The summed E-state index contributed by atoms with van der Waals surface area (Å²) in [4.78, 5) is 76.5. The second-order valence-corrected chi connectivity index (χ2v) is 10.6. The molecule has 240 valence electrons. The average Bonchev–Trinajstić information content (AvgIpc) is 3.05. The largest absolute Gasteiger partial charge is 0.478 e. The van der Waals surface area contributed by atoms with Crippen molar-refractivity contribution < 1.29 is 43.3 Å². The van der Waals surface area contributed by atoms with Gasteiger partial charge in [-0.05, 0) is 86.6 Å². The quantitative estimate of drug-likeness (QED) is 0.141. The van der Waals surface area contributed by atoms with E-state index in [0.717, 1.165) is 0 Å². The van der Waals surface area contributed by atoms with Crippen molar-refractivity contribution in [2.24, 2.45) is 0 Å². The molecule has 0 aliphatic carbocycles. The number of rotatable bonds is 10. The maximum absolute atomic E-state index is 13.2. The van der Waals surface area contributed by atoms with E-state index in [2.05, 4.69) is 10.7 Å². The Hall–Kier alpha value is -6.01. The Balaban J connectivity index is 1.48. The Kier molecular flexibility index (Phi) is 11.0. The first kappa shape index (κ1) is 33.9. The number of anilines is 1. The summed E-state index contributed by atoms with van der Waals surface area (Å²) in [5.74, 6) is -6.48. The van der Waals surface area contributed by atoms with Crippen LogP contribution in [-0.4, -0.2) is 52.9 Å². The van der Waals surface area contributed by atoms with E-state index in [1.54, 1.807) is 62.4 Å². The van der Waals surface area contributed by atoms with Crippen LogP contribution in [0.15, 0.2) is 97.1 Å². The lowest BCUT2D eigenvalue weighted by Crippen LogP contribution is -2.54. The SMILES string of the molecule is Cc1cccc(C(=O)O[C@H](C(=O)NNC(=O)c2ccc(NC(=O)c3ccc(Cl)cc3)cc2)[C@@H](OC(=O)c2cccc(C)c2)C(=O)O)c1. The normalized spacial score (nSPS) is 11.7. The monoisotopic (exact) mass is 657 g/mol. The fourth-order valence-electron chi connectivity index (χ4n) is 4.18.